The molecule has 2 aliphatic rings. The van der Waals surface area contributed by atoms with E-state index in [9.17, 15) is 40.2 Å². The van der Waals surface area contributed by atoms with Gasteiger partial charge in [-0.05, 0) is 0 Å². The summed E-state index contributed by atoms with van der Waals surface area (Å²) in [7, 11) is 2.15. The number of hydrogen-bond donors (Lipinski definition) is 4. The lowest BCUT2D eigenvalue weighted by Crippen LogP contribution is -2.67. The smallest absolute Gasteiger partial charge is 0.187 e. The summed E-state index contributed by atoms with van der Waals surface area (Å²) >= 11 is 0. The van der Waals surface area contributed by atoms with Crippen molar-refractivity contribution in [1.29, 1.82) is 0 Å². The largest absolute Gasteiger partial charge is 0.547 e. The maximum atomic E-state index is 11.3. The first kappa shape index (κ1) is 21.9. The van der Waals surface area contributed by atoms with Crippen molar-refractivity contribution in [3.63, 3.8) is 0 Å². The molecule has 4 unspecified atom stereocenters. The van der Waals surface area contributed by atoms with Crippen molar-refractivity contribution in [2.45, 2.75) is 61.4 Å². The molecule has 27 heavy (non-hydrogen) atoms. The number of aliphatic carboxylic acids is 2. The molecule has 2 fully saturated rings. The zero-order valence-electron chi connectivity index (χ0n) is 14.2. The Kier molecular flexibility index (Phi) is 7.07. The number of aliphatic hydroxyl groups is 4. The molecule has 0 aromatic rings. The minimum atomic E-state index is -1.97. The van der Waals surface area contributed by atoms with E-state index >= 15 is 0 Å². The molecule has 0 spiro atoms. The van der Waals surface area contributed by atoms with Gasteiger partial charge >= 0.3 is 0 Å². The van der Waals surface area contributed by atoms with Crippen molar-refractivity contribution in [1.82, 2.24) is 0 Å². The topological polar surface area (TPSA) is 207 Å². The molecule has 0 amide bonds. The fraction of sp³-hybridized carbons (Fsp3) is 0.857. The quantitative estimate of drug-likeness (QED) is 0.330. The summed E-state index contributed by atoms with van der Waals surface area (Å²) in [5, 5.41) is 62.6. The molecule has 0 bridgehead atoms. The second-order valence-corrected chi connectivity index (χ2v) is 5.99. The van der Waals surface area contributed by atoms with Gasteiger partial charge in [-0.15, -0.1) is 0 Å². The Balaban J connectivity index is 2.24. The van der Waals surface area contributed by atoms with E-state index in [-0.39, 0.29) is 0 Å². The maximum absolute atomic E-state index is 11.3. The Morgan fingerprint density at radius 2 is 1.19 bits per heavy atom. The fourth-order valence-electron chi connectivity index (χ4n) is 2.93. The van der Waals surface area contributed by atoms with Crippen LogP contribution in [0.2, 0.25) is 0 Å². The van der Waals surface area contributed by atoms with Crippen LogP contribution >= 0.6 is 0 Å². The van der Waals surface area contributed by atoms with Crippen LogP contribution in [0, 0.1) is 0 Å². The van der Waals surface area contributed by atoms with Crippen LogP contribution in [0.5, 0.6) is 0 Å². The second kappa shape index (κ2) is 8.72. The second-order valence-electron chi connectivity index (χ2n) is 5.99. The van der Waals surface area contributed by atoms with E-state index in [2.05, 4.69) is 0 Å². The van der Waals surface area contributed by atoms with Crippen LogP contribution in [0.3, 0.4) is 0 Å². The molecule has 2 aliphatic heterocycles. The number of methoxy groups -OCH3 is 2. The van der Waals surface area contributed by atoms with Gasteiger partial charge in [-0.2, -0.15) is 0 Å². The van der Waals surface area contributed by atoms with E-state index in [4.69, 9.17) is 23.7 Å². The van der Waals surface area contributed by atoms with Gasteiger partial charge in [-0.1, -0.05) is 0 Å². The number of ether oxygens (including phenoxy) is 5. The predicted molar refractivity (Wildman–Crippen MR) is 74.0 cm³/mol. The molecule has 0 radical (unpaired) electrons. The average Bonchev–Trinajstić information content (AvgIpc) is 2.62. The molecule has 0 aliphatic carbocycles. The zero-order valence-corrected chi connectivity index (χ0v) is 14.2. The number of hydrogen-bond acceptors (Lipinski definition) is 13. The third-order valence-electron chi connectivity index (χ3n) is 4.35. The van der Waals surface area contributed by atoms with E-state index in [1.807, 2.05) is 0 Å². The maximum Gasteiger partial charge on any atom is 0.187 e. The lowest BCUT2D eigenvalue weighted by atomic mass is 9.96. The molecular formula is C14H20O13-2. The summed E-state index contributed by atoms with van der Waals surface area (Å²) in [5.74, 6) is -3.64. The van der Waals surface area contributed by atoms with Gasteiger partial charge in [0.05, 0.1) is 11.9 Å². The molecule has 2 heterocycles. The highest BCUT2D eigenvalue weighted by Gasteiger charge is 2.51. The van der Waals surface area contributed by atoms with Crippen molar-refractivity contribution in [2.24, 2.45) is 0 Å². The molecular weight excluding hydrogens is 376 g/mol. The predicted octanol–water partition coefficient (Wildman–Crippen LogP) is -6.57. The highest BCUT2D eigenvalue weighted by molar-refractivity contribution is 5.71. The summed E-state index contributed by atoms with van der Waals surface area (Å²) < 4.78 is 24.5. The van der Waals surface area contributed by atoms with E-state index in [0.29, 0.717) is 0 Å². The highest BCUT2D eigenvalue weighted by atomic mass is 16.7. The molecule has 0 saturated carbocycles. The van der Waals surface area contributed by atoms with Gasteiger partial charge in [0.2, 0.25) is 0 Å². The number of carbonyl (C=O) groups is 2. The minimum Gasteiger partial charge on any atom is -0.547 e. The van der Waals surface area contributed by atoms with Crippen LogP contribution in [0.1, 0.15) is 0 Å². The molecule has 2 saturated heterocycles. The van der Waals surface area contributed by atoms with Gasteiger partial charge in [-0.3, -0.25) is 0 Å². The molecule has 2 rings (SSSR count). The first-order chi connectivity index (χ1) is 12.6. The monoisotopic (exact) mass is 396 g/mol. The minimum absolute atomic E-state index is 1.06. The fourth-order valence-corrected chi connectivity index (χ4v) is 2.93. The van der Waals surface area contributed by atoms with Gasteiger partial charge in [0.15, 0.2) is 12.6 Å². The summed E-state index contributed by atoms with van der Waals surface area (Å²) in [6.07, 6.45) is -18.0. The third kappa shape index (κ3) is 4.21. The van der Waals surface area contributed by atoms with E-state index in [0.717, 1.165) is 14.2 Å². The van der Waals surface area contributed by atoms with E-state index in [1.54, 1.807) is 0 Å². The van der Waals surface area contributed by atoms with Crippen molar-refractivity contribution in [2.75, 3.05) is 14.2 Å². The van der Waals surface area contributed by atoms with Crippen LogP contribution in [-0.4, -0.2) is 108 Å². The van der Waals surface area contributed by atoms with Gasteiger partial charge in [0.25, 0.3) is 0 Å². The molecule has 10 atom stereocenters. The van der Waals surface area contributed by atoms with E-state index < -0.39 is 73.4 Å². The van der Waals surface area contributed by atoms with Crippen molar-refractivity contribution in [3.05, 3.63) is 0 Å². The van der Waals surface area contributed by atoms with Crippen LogP contribution in [0.15, 0.2) is 0 Å². The van der Waals surface area contributed by atoms with Crippen molar-refractivity contribution < 1.29 is 63.9 Å². The van der Waals surface area contributed by atoms with Gasteiger partial charge in [-0.25, -0.2) is 0 Å². The first-order valence-electron chi connectivity index (χ1n) is 7.80. The standard InChI is InChI=1S/C14H22O13/c1-23-7-3(15)6(18)14(27-9(7)11(19)20)25-8-4(16)5(17)13(24-2)26-10(8)12(21)22/h3-10,13-18H,1-2H3,(H,19,20)(H,21,22)/p-2/t3-,4-,5?,6?,7+,8+,9?,10?,13-,14-/m1/s1. The Morgan fingerprint density at radius 3 is 1.67 bits per heavy atom. The Labute approximate surface area is 152 Å². The summed E-state index contributed by atoms with van der Waals surface area (Å²) in [6, 6.07) is 0. The lowest BCUT2D eigenvalue weighted by molar-refractivity contribution is -0.381. The van der Waals surface area contributed by atoms with Crippen LogP contribution < -0.4 is 10.2 Å². The average molecular weight is 396 g/mol. The Hall–Kier alpha value is -1.42. The zero-order chi connectivity index (χ0) is 20.5. The van der Waals surface area contributed by atoms with Crippen molar-refractivity contribution in [3.8, 4) is 0 Å². The number of rotatable bonds is 6. The summed E-state index contributed by atoms with van der Waals surface area (Å²) in [4.78, 5) is 22.5. The number of aliphatic hydroxyl groups excluding tert-OH is 4. The molecule has 156 valence electrons. The Morgan fingerprint density at radius 1 is 0.741 bits per heavy atom. The number of carbonyl (C=O) groups excluding carboxylic acids is 2. The highest BCUT2D eigenvalue weighted by Crippen LogP contribution is 2.29. The summed E-state index contributed by atoms with van der Waals surface area (Å²) in [5.41, 5.74) is 0. The van der Waals surface area contributed by atoms with Gasteiger partial charge in [0.1, 0.15) is 48.8 Å². The van der Waals surface area contributed by atoms with Gasteiger partial charge in [0, 0.05) is 14.2 Å². The van der Waals surface area contributed by atoms with E-state index in [1.165, 1.54) is 0 Å². The number of carboxylic acid groups (broad SMARTS) is 2. The first-order valence-corrected chi connectivity index (χ1v) is 7.80. The molecule has 13 nitrogen and oxygen atoms in total. The normalized spacial score (nSPS) is 45.4. The van der Waals surface area contributed by atoms with Crippen LogP contribution in [0.4, 0.5) is 0 Å². The lowest BCUT2D eigenvalue weighted by Gasteiger charge is -2.47. The molecule has 13 heteroatoms. The van der Waals surface area contributed by atoms with Crippen LogP contribution in [0.25, 0.3) is 0 Å². The Bertz CT molecular complexity index is 541. The molecule has 4 N–H and O–H groups in total. The summed E-state index contributed by atoms with van der Waals surface area (Å²) in [6.45, 7) is 0. The third-order valence-corrected chi connectivity index (χ3v) is 4.35. The SMILES string of the molecule is CO[C@@H]1OC(C(=O)[O-])[C@@H](O[C@@H]2OC(C(=O)[O-])[C@@H](OC)[C@H](O)C2O)[C@H](O)C1O. The van der Waals surface area contributed by atoms with Gasteiger partial charge < -0.3 is 63.9 Å². The molecule has 0 aromatic carbocycles. The van der Waals surface area contributed by atoms with Crippen LogP contribution in [-0.2, 0) is 33.3 Å². The molecule has 0 aromatic heterocycles. The van der Waals surface area contributed by atoms with Crippen molar-refractivity contribution >= 4 is 11.9 Å². The number of carboxylic acids is 2.